The molecule has 0 radical (unpaired) electrons. The number of halogens is 24. The maximum Gasteiger partial charge on any atom is 0.416 e. The molecule has 0 N–H and O–H groups in total. The van der Waals surface area contributed by atoms with Gasteiger partial charge in [-0.3, -0.25) is 4.79 Å². The molecule has 0 amide bonds. The Balaban J connectivity index is 0.000000520. The van der Waals surface area contributed by atoms with Gasteiger partial charge in [-0.2, -0.15) is 132 Å². The number of benzene rings is 5. The molecule has 6 rings (SSSR count). The van der Waals surface area contributed by atoms with E-state index in [1.807, 2.05) is 66.3 Å². The van der Waals surface area contributed by atoms with E-state index in [1.54, 1.807) is 0 Å². The largest absolute Gasteiger partial charge is 0.416 e. The number of hydrogen-bond acceptors (Lipinski definition) is 1. The summed E-state index contributed by atoms with van der Waals surface area (Å²) in [6, 6.07) is 4.64. The van der Waals surface area contributed by atoms with Gasteiger partial charge in [0.1, 0.15) is 6.15 Å². The highest BCUT2D eigenvalue weighted by atomic mass is 19.4. The lowest BCUT2D eigenvalue weighted by molar-refractivity contribution is -0.683. The van der Waals surface area contributed by atoms with Crippen molar-refractivity contribution in [3.8, 4) is 0 Å². The fourth-order valence-electron chi connectivity index (χ4n) is 7.61. The molecule has 6 aromatic rings. The predicted molar refractivity (Wildman–Crippen MR) is 212 cm³/mol. The first kappa shape index (κ1) is 57.2. The minimum Gasteiger partial charge on any atom is -0.287 e. The van der Waals surface area contributed by atoms with Gasteiger partial charge < -0.3 is 0 Å². The molecule has 2 nitrogen and oxygen atoms in total. The maximum absolute atomic E-state index is 14.2. The summed E-state index contributed by atoms with van der Waals surface area (Å²) in [5.74, 6) is 0.135. The molecular formula is C46H26BF24NO. The first-order chi connectivity index (χ1) is 33.0. The van der Waals surface area contributed by atoms with Crippen molar-refractivity contribution in [3.05, 3.63) is 183 Å². The fraction of sp³-hybridized carbons (Fsp3) is 0.217. The molecule has 27 heteroatoms. The van der Waals surface area contributed by atoms with Gasteiger partial charge in [0.15, 0.2) is 12.4 Å². The molecule has 392 valence electrons. The molecule has 0 aliphatic heterocycles. The molecule has 1 heterocycles. The third-order valence-corrected chi connectivity index (χ3v) is 10.9. The van der Waals surface area contributed by atoms with Gasteiger partial charge in [-0.05, 0) is 31.2 Å². The monoisotopic (exact) mass is 1080 g/mol. The van der Waals surface area contributed by atoms with Crippen LogP contribution in [0.2, 0.25) is 0 Å². The van der Waals surface area contributed by atoms with Crippen molar-refractivity contribution >= 4 is 33.8 Å². The Bertz CT molecular complexity index is 2500. The first-order valence-electron chi connectivity index (χ1n) is 19.9. The highest BCUT2D eigenvalue weighted by molar-refractivity contribution is 7.20. The molecule has 0 aliphatic rings. The minimum absolute atomic E-state index is 0.135. The summed E-state index contributed by atoms with van der Waals surface area (Å²) in [5.41, 5.74) is -28.3. The highest BCUT2D eigenvalue weighted by Gasteiger charge is 2.47. The smallest absolute Gasteiger partial charge is 0.287 e. The first-order valence-corrected chi connectivity index (χ1v) is 19.9. The number of alkyl halides is 24. The Morgan fingerprint density at radius 3 is 0.781 bits per heavy atom. The van der Waals surface area contributed by atoms with Crippen molar-refractivity contribution in [2.75, 3.05) is 0 Å². The molecule has 5 aromatic carbocycles. The predicted octanol–water partition coefficient (Wildman–Crippen LogP) is 13.4. The zero-order chi connectivity index (χ0) is 55.3. The van der Waals surface area contributed by atoms with Crippen molar-refractivity contribution in [2.45, 2.75) is 62.9 Å². The number of aryl methyl sites for hydroxylation is 1. The van der Waals surface area contributed by atoms with E-state index < -0.39 is 195 Å². The molecular weight excluding hydrogens is 1050 g/mol. The number of pyridine rings is 1. The lowest BCUT2D eigenvalue weighted by Gasteiger charge is -2.46. The quantitative estimate of drug-likeness (QED) is 0.0675. The van der Waals surface area contributed by atoms with Crippen LogP contribution in [-0.2, 0) is 56.0 Å². The van der Waals surface area contributed by atoms with E-state index in [0.29, 0.717) is 6.54 Å². The van der Waals surface area contributed by atoms with Gasteiger partial charge in [0.05, 0.1) is 44.5 Å². The Morgan fingerprint density at radius 2 is 0.575 bits per heavy atom. The van der Waals surface area contributed by atoms with Crippen molar-refractivity contribution in [3.63, 3.8) is 0 Å². The Kier molecular flexibility index (Phi) is 15.4. The summed E-state index contributed by atoms with van der Waals surface area (Å²) in [7, 11) is 0. The molecule has 0 aliphatic carbocycles. The number of aromatic nitrogens is 1. The zero-order valence-electron chi connectivity index (χ0n) is 35.8. The summed E-state index contributed by atoms with van der Waals surface area (Å²) < 4.78 is 343. The summed E-state index contributed by atoms with van der Waals surface area (Å²) in [6.07, 6.45) is -51.0. The van der Waals surface area contributed by atoms with Gasteiger partial charge in [0.25, 0.3) is 0 Å². The van der Waals surface area contributed by atoms with Crippen LogP contribution in [0.3, 0.4) is 0 Å². The van der Waals surface area contributed by atoms with Gasteiger partial charge in [-0.25, -0.2) is 0 Å². The lowest BCUT2D eigenvalue weighted by Crippen LogP contribution is -2.75. The minimum atomic E-state index is -6.13. The second kappa shape index (κ2) is 19.6. The van der Waals surface area contributed by atoms with E-state index in [-0.39, 0.29) is 5.78 Å². The number of carbonyl (C=O) groups excluding carboxylic acids is 1. The molecule has 0 unspecified atom stereocenters. The van der Waals surface area contributed by atoms with Gasteiger partial charge in [0.2, 0.25) is 12.3 Å². The van der Waals surface area contributed by atoms with E-state index in [9.17, 15) is 110 Å². The van der Waals surface area contributed by atoms with Crippen LogP contribution >= 0.6 is 0 Å². The molecule has 1 aromatic heterocycles. The van der Waals surface area contributed by atoms with E-state index in [2.05, 4.69) is 0 Å². The number of Topliss-reactive ketones (excluding diaryl/α,β-unsaturated/α-hetero) is 1. The normalized spacial score (nSPS) is 13.4. The van der Waals surface area contributed by atoms with Gasteiger partial charge in [-0.15, -0.1) is 0 Å². The van der Waals surface area contributed by atoms with E-state index in [0.717, 1.165) is 5.56 Å². The van der Waals surface area contributed by atoms with Crippen molar-refractivity contribution in [1.82, 2.24) is 0 Å². The molecule has 73 heavy (non-hydrogen) atoms. The van der Waals surface area contributed by atoms with E-state index >= 15 is 0 Å². The average molecular weight is 1080 g/mol. The molecule has 0 bridgehead atoms. The van der Waals surface area contributed by atoms with E-state index in [4.69, 9.17) is 0 Å². The van der Waals surface area contributed by atoms with Crippen molar-refractivity contribution in [2.24, 2.45) is 0 Å². The lowest BCUT2D eigenvalue weighted by atomic mass is 9.12. The number of hydrogen-bond donors (Lipinski definition) is 0. The second-order valence-electron chi connectivity index (χ2n) is 16.1. The van der Waals surface area contributed by atoms with Crippen LogP contribution < -0.4 is 26.4 Å². The zero-order valence-corrected chi connectivity index (χ0v) is 35.8. The summed E-state index contributed by atoms with van der Waals surface area (Å²) in [6.45, 7) is 2.41. The topological polar surface area (TPSA) is 20.9 Å². The van der Waals surface area contributed by atoms with Crippen molar-refractivity contribution < 1.29 is 115 Å². The van der Waals surface area contributed by atoms with Crippen LogP contribution in [0.1, 0.15) is 60.4 Å². The van der Waals surface area contributed by atoms with Crippen LogP contribution in [0, 0.1) is 6.92 Å². The maximum atomic E-state index is 14.2. The number of carbonyl (C=O) groups is 1. The Labute approximate surface area is 394 Å². The highest BCUT2D eigenvalue weighted by Crippen LogP contribution is 2.41. The van der Waals surface area contributed by atoms with Crippen LogP contribution in [0.15, 0.2) is 128 Å². The summed E-state index contributed by atoms with van der Waals surface area (Å²) in [4.78, 5) is 11.9. The van der Waals surface area contributed by atoms with Crippen LogP contribution in [0.25, 0.3) is 0 Å². The number of ketones is 1. The molecule has 0 saturated carbocycles. The fourth-order valence-corrected chi connectivity index (χ4v) is 7.61. The standard InChI is InChI=1S/C32H12BF24.C14H14NO/c34-25(35,36)13-1-14(26(37,38)39)6-21(5-13)33(22-7-15(27(40,41)42)2-16(8-22)28(43,44)45,23-9-17(29(46,47)48)3-18(10-23)30(49,50)51)24-11-19(31(52,53)54)4-20(12-24)32(55,56)57;1-12-5-7-13(8-6-12)14(16)11-15-9-3-2-4-10-15/h1-12H;2-10H,11H2,1H3/q-1;+1. The molecule has 0 saturated heterocycles. The molecule has 0 spiro atoms. The Morgan fingerprint density at radius 1 is 0.356 bits per heavy atom. The SMILES string of the molecule is Cc1ccc(C(=O)C[n+]2ccccc2)cc1.FC(F)(F)c1cc([B-](c2cc(C(F)(F)F)cc(C(F)(F)F)c2)(c2cc(C(F)(F)F)cc(C(F)(F)F)c2)c2cc(C(F)(F)F)cc(C(F)(F)F)c2)cc(C(F)(F)F)c1. The summed E-state index contributed by atoms with van der Waals surface area (Å²) >= 11 is 0. The third-order valence-electron chi connectivity index (χ3n) is 10.9. The van der Waals surface area contributed by atoms with Crippen LogP contribution in [0.5, 0.6) is 0 Å². The number of nitrogens with zero attached hydrogens (tertiary/aromatic N) is 1. The second-order valence-corrected chi connectivity index (χ2v) is 16.1. The third kappa shape index (κ3) is 13.5. The van der Waals surface area contributed by atoms with Gasteiger partial charge >= 0.3 is 49.4 Å². The van der Waals surface area contributed by atoms with Crippen LogP contribution in [0.4, 0.5) is 105 Å². The van der Waals surface area contributed by atoms with Crippen LogP contribution in [-0.4, -0.2) is 11.9 Å². The number of rotatable bonds is 7. The Hall–Kier alpha value is -6.70. The van der Waals surface area contributed by atoms with Gasteiger partial charge in [-0.1, -0.05) is 84.4 Å². The molecule has 0 atom stereocenters. The van der Waals surface area contributed by atoms with Gasteiger partial charge in [0, 0.05) is 17.7 Å². The summed E-state index contributed by atoms with van der Waals surface area (Å²) in [5, 5.41) is 0. The molecule has 0 fully saturated rings. The average Bonchev–Trinajstić information content (AvgIpc) is 3.25. The van der Waals surface area contributed by atoms with Crippen molar-refractivity contribution in [1.29, 1.82) is 0 Å². The van der Waals surface area contributed by atoms with E-state index in [1.165, 1.54) is 5.56 Å².